The lowest BCUT2D eigenvalue weighted by molar-refractivity contribution is 0.959. The molecule has 0 bridgehead atoms. The van der Waals surface area contributed by atoms with Crippen LogP contribution in [0.3, 0.4) is 0 Å². The van der Waals surface area contributed by atoms with Crippen molar-refractivity contribution in [2.75, 3.05) is 0 Å². The number of aryl methyl sites for hydroxylation is 1. The molecule has 0 aliphatic heterocycles. The molecule has 26 heavy (non-hydrogen) atoms. The third-order valence-corrected chi connectivity index (χ3v) is 5.32. The first kappa shape index (κ1) is 15.0. The van der Waals surface area contributed by atoms with Gasteiger partial charge in [0.1, 0.15) is 16.7 Å². The molecule has 0 saturated heterocycles. The number of benzene rings is 1. The summed E-state index contributed by atoms with van der Waals surface area (Å²) < 4.78 is 0. The van der Waals surface area contributed by atoms with Crippen molar-refractivity contribution in [3.63, 3.8) is 0 Å². The van der Waals surface area contributed by atoms with Crippen LogP contribution in [0.5, 0.6) is 0 Å². The van der Waals surface area contributed by atoms with Gasteiger partial charge in [0.05, 0.1) is 10.6 Å². The van der Waals surface area contributed by atoms with Crippen molar-refractivity contribution in [2.24, 2.45) is 0 Å². The Bertz CT molecular complexity index is 1330. The molecule has 7 heteroatoms. The number of thiophene rings is 1. The predicted octanol–water partition coefficient (Wildman–Crippen LogP) is 3.90. The quantitative estimate of drug-likeness (QED) is 0.500. The average molecular weight is 359 g/mol. The number of rotatable bonds is 2. The SMILES string of the molecule is Cc1ccc(-c2nc3[nH]c(=O)ccc3cc2-c2ccc3n[nH]nc3c2)s1. The lowest BCUT2D eigenvalue weighted by atomic mass is 10.0. The van der Waals surface area contributed by atoms with Crippen LogP contribution in [-0.4, -0.2) is 25.4 Å². The molecule has 4 aromatic heterocycles. The molecule has 0 unspecified atom stereocenters. The number of hydrogen-bond acceptors (Lipinski definition) is 5. The van der Waals surface area contributed by atoms with E-state index in [-0.39, 0.29) is 5.56 Å². The zero-order chi connectivity index (χ0) is 17.7. The highest BCUT2D eigenvalue weighted by molar-refractivity contribution is 7.15. The fourth-order valence-electron chi connectivity index (χ4n) is 3.06. The van der Waals surface area contributed by atoms with Crippen LogP contribution < -0.4 is 5.56 Å². The molecule has 0 spiro atoms. The molecule has 1 aromatic carbocycles. The van der Waals surface area contributed by atoms with Gasteiger partial charge in [-0.3, -0.25) is 4.79 Å². The van der Waals surface area contributed by atoms with E-state index in [4.69, 9.17) is 4.98 Å². The van der Waals surface area contributed by atoms with Gasteiger partial charge in [0, 0.05) is 21.9 Å². The standard InChI is InChI=1S/C19H13N5OS/c1-10-2-6-16(26-10)18-13(8-12-4-7-17(25)20-19(12)21-18)11-3-5-14-15(9-11)23-24-22-14/h2-9H,1H3,(H,20,21,25)(H,22,23,24). The van der Waals surface area contributed by atoms with Crippen LogP contribution in [-0.2, 0) is 0 Å². The van der Waals surface area contributed by atoms with E-state index in [0.717, 1.165) is 38.1 Å². The van der Waals surface area contributed by atoms with Crippen LogP contribution in [0.1, 0.15) is 4.88 Å². The maximum absolute atomic E-state index is 11.7. The van der Waals surface area contributed by atoms with Crippen molar-refractivity contribution in [3.8, 4) is 21.7 Å². The zero-order valence-corrected chi connectivity index (χ0v) is 14.6. The Labute approximate surface area is 151 Å². The smallest absolute Gasteiger partial charge is 0.249 e. The van der Waals surface area contributed by atoms with Crippen LogP contribution in [0.4, 0.5) is 0 Å². The van der Waals surface area contributed by atoms with Gasteiger partial charge in [0.15, 0.2) is 0 Å². The van der Waals surface area contributed by atoms with Crippen LogP contribution in [0.2, 0.25) is 0 Å². The largest absolute Gasteiger partial charge is 0.307 e. The monoisotopic (exact) mass is 359 g/mol. The molecule has 0 fully saturated rings. The van der Waals surface area contributed by atoms with Crippen molar-refractivity contribution in [1.29, 1.82) is 0 Å². The minimum Gasteiger partial charge on any atom is -0.307 e. The van der Waals surface area contributed by atoms with Gasteiger partial charge in [-0.2, -0.15) is 15.4 Å². The van der Waals surface area contributed by atoms with E-state index in [1.54, 1.807) is 17.4 Å². The summed E-state index contributed by atoms with van der Waals surface area (Å²) in [6.07, 6.45) is 0. The molecule has 4 heterocycles. The number of fused-ring (bicyclic) bond motifs is 2. The topological polar surface area (TPSA) is 87.3 Å². The van der Waals surface area contributed by atoms with Gasteiger partial charge >= 0.3 is 0 Å². The van der Waals surface area contributed by atoms with Gasteiger partial charge in [0.2, 0.25) is 5.56 Å². The second-order valence-corrected chi connectivity index (χ2v) is 7.37. The summed E-state index contributed by atoms with van der Waals surface area (Å²) in [4.78, 5) is 21.6. The van der Waals surface area contributed by atoms with Crippen molar-refractivity contribution >= 4 is 33.4 Å². The Hall–Kier alpha value is -3.32. The van der Waals surface area contributed by atoms with E-state index in [1.807, 2.05) is 18.2 Å². The molecular weight excluding hydrogens is 346 g/mol. The average Bonchev–Trinajstić information content (AvgIpc) is 3.28. The van der Waals surface area contributed by atoms with E-state index in [1.165, 1.54) is 10.9 Å². The number of H-pyrrole nitrogens is 2. The molecule has 0 saturated carbocycles. The highest BCUT2D eigenvalue weighted by atomic mass is 32.1. The van der Waals surface area contributed by atoms with Crippen LogP contribution in [0.25, 0.3) is 43.8 Å². The summed E-state index contributed by atoms with van der Waals surface area (Å²) in [6, 6.07) is 15.5. The Kier molecular flexibility index (Phi) is 3.23. The molecule has 0 aliphatic carbocycles. The lowest BCUT2D eigenvalue weighted by Gasteiger charge is -2.10. The van der Waals surface area contributed by atoms with E-state index >= 15 is 0 Å². The van der Waals surface area contributed by atoms with E-state index in [9.17, 15) is 4.79 Å². The summed E-state index contributed by atoms with van der Waals surface area (Å²) in [6.45, 7) is 2.07. The summed E-state index contributed by atoms with van der Waals surface area (Å²) in [5, 5.41) is 11.8. The van der Waals surface area contributed by atoms with Gasteiger partial charge in [0.25, 0.3) is 0 Å². The van der Waals surface area contributed by atoms with E-state index in [2.05, 4.69) is 45.5 Å². The van der Waals surface area contributed by atoms with Crippen LogP contribution in [0, 0.1) is 6.92 Å². The fourth-order valence-corrected chi connectivity index (χ4v) is 3.93. The molecule has 0 aliphatic rings. The summed E-state index contributed by atoms with van der Waals surface area (Å²) >= 11 is 1.68. The molecule has 0 radical (unpaired) electrons. The van der Waals surface area contributed by atoms with Crippen molar-refractivity contribution < 1.29 is 0 Å². The van der Waals surface area contributed by atoms with Crippen LogP contribution in [0.15, 0.2) is 53.3 Å². The maximum atomic E-state index is 11.7. The second kappa shape index (κ2) is 5.60. The first-order valence-corrected chi connectivity index (χ1v) is 8.91. The third-order valence-electron chi connectivity index (χ3n) is 4.31. The number of aromatic nitrogens is 5. The normalized spacial score (nSPS) is 11.4. The van der Waals surface area contributed by atoms with Crippen LogP contribution >= 0.6 is 11.3 Å². The summed E-state index contributed by atoms with van der Waals surface area (Å²) in [5.41, 5.74) is 4.90. The molecular formula is C19H13N5OS. The molecule has 2 N–H and O–H groups in total. The van der Waals surface area contributed by atoms with Gasteiger partial charge in [-0.05, 0) is 48.9 Å². The van der Waals surface area contributed by atoms with E-state index in [0.29, 0.717) is 5.65 Å². The Balaban J connectivity index is 1.83. The minimum atomic E-state index is -0.157. The number of nitrogens with zero attached hydrogens (tertiary/aromatic N) is 3. The first-order chi connectivity index (χ1) is 12.7. The lowest BCUT2D eigenvalue weighted by Crippen LogP contribution is -2.04. The molecule has 0 atom stereocenters. The Morgan fingerprint density at radius 1 is 0.962 bits per heavy atom. The highest BCUT2D eigenvalue weighted by Crippen LogP contribution is 2.36. The third kappa shape index (κ3) is 2.41. The van der Waals surface area contributed by atoms with E-state index < -0.39 is 0 Å². The minimum absolute atomic E-state index is 0.157. The Morgan fingerprint density at radius 3 is 2.69 bits per heavy atom. The van der Waals surface area contributed by atoms with Gasteiger partial charge in [-0.15, -0.1) is 11.3 Å². The van der Waals surface area contributed by atoms with Crippen molar-refractivity contribution in [3.05, 3.63) is 63.8 Å². The number of nitrogens with one attached hydrogen (secondary N) is 2. The second-order valence-electron chi connectivity index (χ2n) is 6.08. The van der Waals surface area contributed by atoms with Crippen molar-refractivity contribution in [2.45, 2.75) is 6.92 Å². The molecule has 5 rings (SSSR count). The molecule has 126 valence electrons. The predicted molar refractivity (Wildman–Crippen MR) is 103 cm³/mol. The zero-order valence-electron chi connectivity index (χ0n) is 13.8. The van der Waals surface area contributed by atoms with Gasteiger partial charge < -0.3 is 4.98 Å². The van der Waals surface area contributed by atoms with Gasteiger partial charge in [-0.25, -0.2) is 4.98 Å². The molecule has 5 aromatic rings. The number of hydrogen-bond donors (Lipinski definition) is 2. The van der Waals surface area contributed by atoms with Crippen molar-refractivity contribution in [1.82, 2.24) is 25.4 Å². The van der Waals surface area contributed by atoms with Gasteiger partial charge in [-0.1, -0.05) is 6.07 Å². The fraction of sp³-hybridized carbons (Fsp3) is 0.0526. The number of pyridine rings is 2. The summed E-state index contributed by atoms with van der Waals surface area (Å²) in [5.74, 6) is 0. The molecule has 0 amide bonds. The summed E-state index contributed by atoms with van der Waals surface area (Å²) in [7, 11) is 0. The Morgan fingerprint density at radius 2 is 1.85 bits per heavy atom. The molecule has 6 nitrogen and oxygen atoms in total. The number of aromatic amines is 2. The maximum Gasteiger partial charge on any atom is 0.249 e. The highest BCUT2D eigenvalue weighted by Gasteiger charge is 2.14. The first-order valence-electron chi connectivity index (χ1n) is 8.09.